The lowest BCUT2D eigenvalue weighted by Gasteiger charge is -2.22. The lowest BCUT2D eigenvalue weighted by atomic mass is 10.2. The van der Waals surface area contributed by atoms with Gasteiger partial charge in [-0.25, -0.2) is 0 Å². The number of nitrogens with zero attached hydrogens (tertiary/aromatic N) is 2. The van der Waals surface area contributed by atoms with Gasteiger partial charge in [-0.1, -0.05) is 13.8 Å². The second-order valence-electron chi connectivity index (χ2n) is 5.13. The quantitative estimate of drug-likeness (QED) is 0.863. The van der Waals surface area contributed by atoms with E-state index in [1.54, 1.807) is 7.11 Å². The second-order valence-corrected chi connectivity index (χ2v) is 5.13. The SMILES string of the molecule is COC1CCN(c2ccncc2CNC(C)C)C1. The third kappa shape index (κ3) is 3.21. The first-order chi connectivity index (χ1) is 8.70. The van der Waals surface area contributed by atoms with Crippen LogP contribution in [0.2, 0.25) is 0 Å². The summed E-state index contributed by atoms with van der Waals surface area (Å²) in [4.78, 5) is 6.63. The lowest BCUT2D eigenvalue weighted by Crippen LogP contribution is -2.26. The average molecular weight is 249 g/mol. The van der Waals surface area contributed by atoms with Gasteiger partial charge in [-0.05, 0) is 12.5 Å². The third-order valence-corrected chi connectivity index (χ3v) is 3.40. The number of hydrogen-bond acceptors (Lipinski definition) is 4. The standard InChI is InChI=1S/C14H23N3O/c1-11(2)16-9-12-8-15-6-4-14(12)17-7-5-13(10-17)18-3/h4,6,8,11,13,16H,5,7,9-10H2,1-3H3. The summed E-state index contributed by atoms with van der Waals surface area (Å²) in [5.74, 6) is 0. The van der Waals surface area contributed by atoms with Gasteiger partial charge in [-0.3, -0.25) is 4.98 Å². The lowest BCUT2D eigenvalue weighted by molar-refractivity contribution is 0.121. The number of nitrogens with one attached hydrogen (secondary N) is 1. The Morgan fingerprint density at radius 2 is 2.39 bits per heavy atom. The molecule has 4 nitrogen and oxygen atoms in total. The van der Waals surface area contributed by atoms with Crippen molar-refractivity contribution in [3.63, 3.8) is 0 Å². The Hall–Kier alpha value is -1.13. The van der Waals surface area contributed by atoms with Gasteiger partial charge in [0.05, 0.1) is 6.10 Å². The molecule has 1 aromatic rings. The van der Waals surface area contributed by atoms with Crippen molar-refractivity contribution < 1.29 is 4.74 Å². The summed E-state index contributed by atoms with van der Waals surface area (Å²) in [6, 6.07) is 2.60. The largest absolute Gasteiger partial charge is 0.380 e. The molecule has 0 radical (unpaired) electrons. The molecule has 4 heteroatoms. The highest BCUT2D eigenvalue weighted by Gasteiger charge is 2.23. The fourth-order valence-electron chi connectivity index (χ4n) is 2.32. The fourth-order valence-corrected chi connectivity index (χ4v) is 2.32. The molecule has 0 aliphatic carbocycles. The van der Waals surface area contributed by atoms with Gasteiger partial charge in [-0.2, -0.15) is 0 Å². The summed E-state index contributed by atoms with van der Waals surface area (Å²) in [5.41, 5.74) is 2.56. The van der Waals surface area contributed by atoms with Gasteiger partial charge in [0.1, 0.15) is 0 Å². The van der Waals surface area contributed by atoms with Crippen molar-refractivity contribution >= 4 is 5.69 Å². The zero-order chi connectivity index (χ0) is 13.0. The normalized spacial score (nSPS) is 19.8. The number of pyridine rings is 1. The Balaban J connectivity index is 2.07. The molecule has 0 saturated carbocycles. The Kier molecular flexibility index (Phi) is 4.55. The highest BCUT2D eigenvalue weighted by Crippen LogP contribution is 2.24. The molecule has 1 aliphatic heterocycles. The zero-order valence-electron chi connectivity index (χ0n) is 11.5. The maximum absolute atomic E-state index is 5.43. The third-order valence-electron chi connectivity index (χ3n) is 3.40. The van der Waals surface area contributed by atoms with E-state index in [1.165, 1.54) is 11.3 Å². The molecule has 100 valence electrons. The molecule has 1 fully saturated rings. The predicted molar refractivity (Wildman–Crippen MR) is 73.8 cm³/mol. The van der Waals surface area contributed by atoms with E-state index in [9.17, 15) is 0 Å². The number of rotatable bonds is 5. The number of anilines is 1. The van der Waals surface area contributed by atoms with Crippen LogP contribution in [0.1, 0.15) is 25.8 Å². The number of hydrogen-bond donors (Lipinski definition) is 1. The molecule has 1 aromatic heterocycles. The maximum Gasteiger partial charge on any atom is 0.0762 e. The molecule has 1 aliphatic rings. The molecule has 1 unspecified atom stereocenters. The minimum absolute atomic E-state index is 0.365. The summed E-state index contributed by atoms with van der Waals surface area (Å²) in [7, 11) is 1.79. The summed E-state index contributed by atoms with van der Waals surface area (Å²) >= 11 is 0. The molecule has 0 amide bonds. The fraction of sp³-hybridized carbons (Fsp3) is 0.643. The molecule has 0 aromatic carbocycles. The molecular weight excluding hydrogens is 226 g/mol. The summed E-state index contributed by atoms with van der Waals surface area (Å²) in [6.07, 6.45) is 5.30. The minimum Gasteiger partial charge on any atom is -0.380 e. The molecule has 1 saturated heterocycles. The molecule has 18 heavy (non-hydrogen) atoms. The minimum atomic E-state index is 0.365. The van der Waals surface area contributed by atoms with Gasteiger partial charge in [0.25, 0.3) is 0 Å². The monoisotopic (exact) mass is 249 g/mol. The Morgan fingerprint density at radius 3 is 3.06 bits per heavy atom. The van der Waals surface area contributed by atoms with E-state index < -0.39 is 0 Å². The van der Waals surface area contributed by atoms with Crippen LogP contribution in [0.4, 0.5) is 5.69 Å². The number of methoxy groups -OCH3 is 1. The van der Waals surface area contributed by atoms with Crippen molar-refractivity contribution in [3.8, 4) is 0 Å². The van der Waals surface area contributed by atoms with E-state index >= 15 is 0 Å². The Morgan fingerprint density at radius 1 is 1.56 bits per heavy atom. The van der Waals surface area contributed by atoms with Crippen LogP contribution in [0.5, 0.6) is 0 Å². The first kappa shape index (κ1) is 13.3. The first-order valence-electron chi connectivity index (χ1n) is 6.64. The van der Waals surface area contributed by atoms with Crippen LogP contribution >= 0.6 is 0 Å². The van der Waals surface area contributed by atoms with Crippen LogP contribution in [0.15, 0.2) is 18.5 Å². The smallest absolute Gasteiger partial charge is 0.0762 e. The van der Waals surface area contributed by atoms with Gasteiger partial charge in [0, 0.05) is 56.4 Å². The van der Waals surface area contributed by atoms with Crippen LogP contribution in [-0.4, -0.2) is 37.3 Å². The number of aromatic nitrogens is 1. The van der Waals surface area contributed by atoms with E-state index in [0.717, 1.165) is 26.1 Å². The van der Waals surface area contributed by atoms with Crippen molar-refractivity contribution in [1.29, 1.82) is 0 Å². The molecule has 2 heterocycles. The van der Waals surface area contributed by atoms with Crippen LogP contribution in [0.3, 0.4) is 0 Å². The van der Waals surface area contributed by atoms with Gasteiger partial charge in [-0.15, -0.1) is 0 Å². The van der Waals surface area contributed by atoms with Crippen LogP contribution < -0.4 is 10.2 Å². The highest BCUT2D eigenvalue weighted by molar-refractivity contribution is 5.53. The van der Waals surface area contributed by atoms with Crippen molar-refractivity contribution in [1.82, 2.24) is 10.3 Å². The van der Waals surface area contributed by atoms with Crippen LogP contribution in [0.25, 0.3) is 0 Å². The summed E-state index contributed by atoms with van der Waals surface area (Å²) < 4.78 is 5.43. The second kappa shape index (κ2) is 6.16. The van der Waals surface area contributed by atoms with Crippen LogP contribution in [0, 0.1) is 0 Å². The molecule has 0 bridgehead atoms. The van der Waals surface area contributed by atoms with E-state index in [0.29, 0.717) is 12.1 Å². The molecule has 0 spiro atoms. The van der Waals surface area contributed by atoms with Crippen molar-refractivity contribution in [3.05, 3.63) is 24.0 Å². The van der Waals surface area contributed by atoms with Gasteiger partial charge in [0.15, 0.2) is 0 Å². The van der Waals surface area contributed by atoms with Crippen LogP contribution in [-0.2, 0) is 11.3 Å². The summed E-state index contributed by atoms with van der Waals surface area (Å²) in [5, 5.41) is 3.45. The van der Waals surface area contributed by atoms with E-state index in [2.05, 4.69) is 35.1 Å². The number of ether oxygens (including phenoxy) is 1. The molecule has 1 N–H and O–H groups in total. The summed E-state index contributed by atoms with van der Waals surface area (Å²) in [6.45, 7) is 7.24. The van der Waals surface area contributed by atoms with Crippen molar-refractivity contribution in [2.45, 2.75) is 39.0 Å². The van der Waals surface area contributed by atoms with Gasteiger partial charge >= 0.3 is 0 Å². The topological polar surface area (TPSA) is 37.4 Å². The van der Waals surface area contributed by atoms with Gasteiger partial charge < -0.3 is 15.0 Å². The molecule has 2 rings (SSSR count). The average Bonchev–Trinajstić information content (AvgIpc) is 2.85. The van der Waals surface area contributed by atoms with Gasteiger partial charge in [0.2, 0.25) is 0 Å². The van der Waals surface area contributed by atoms with E-state index in [4.69, 9.17) is 4.74 Å². The Labute approximate surface area is 109 Å². The Bertz CT molecular complexity index is 381. The molecule has 1 atom stereocenters. The van der Waals surface area contributed by atoms with E-state index in [-0.39, 0.29) is 0 Å². The first-order valence-corrected chi connectivity index (χ1v) is 6.64. The maximum atomic E-state index is 5.43. The van der Waals surface area contributed by atoms with Crippen molar-refractivity contribution in [2.75, 3.05) is 25.1 Å². The predicted octanol–water partition coefficient (Wildman–Crippen LogP) is 1.80. The zero-order valence-corrected chi connectivity index (χ0v) is 11.5. The molecular formula is C14H23N3O. The highest BCUT2D eigenvalue weighted by atomic mass is 16.5. The van der Waals surface area contributed by atoms with E-state index in [1.807, 2.05) is 12.4 Å². The van der Waals surface area contributed by atoms with Crippen molar-refractivity contribution in [2.24, 2.45) is 0 Å².